The zero-order valence-electron chi connectivity index (χ0n) is 15.2. The fraction of sp³-hybridized carbons (Fsp3) is 0.333. The van der Waals surface area contributed by atoms with Crippen LogP contribution in [0.2, 0.25) is 0 Å². The third-order valence-electron chi connectivity index (χ3n) is 6.94. The Hall–Kier alpha value is -2.12. The first-order valence-electron chi connectivity index (χ1n) is 9.57. The molecule has 0 amide bonds. The van der Waals surface area contributed by atoms with Crippen molar-refractivity contribution in [3.05, 3.63) is 76.4 Å². The summed E-state index contributed by atoms with van der Waals surface area (Å²) in [6.07, 6.45) is 9.85. The fourth-order valence-electron chi connectivity index (χ4n) is 5.32. The molecule has 0 radical (unpaired) electrons. The quantitative estimate of drug-likeness (QED) is 0.486. The van der Waals surface area contributed by atoms with E-state index in [2.05, 4.69) is 74.8 Å². The third kappa shape index (κ3) is 2.26. The van der Waals surface area contributed by atoms with E-state index in [-0.39, 0.29) is 0 Å². The second kappa shape index (κ2) is 5.44. The number of fused-ring (bicyclic) bond motifs is 4. The second-order valence-electron chi connectivity index (χ2n) is 8.41. The van der Waals surface area contributed by atoms with Crippen molar-refractivity contribution in [1.82, 2.24) is 0 Å². The SMILES string of the molecule is C[N+]1(C)C2CCC1CC(=C1c3ccccc3C=Cc3ccccc31)C2. The van der Waals surface area contributed by atoms with Crippen LogP contribution in [0.4, 0.5) is 0 Å². The van der Waals surface area contributed by atoms with Gasteiger partial charge < -0.3 is 4.48 Å². The van der Waals surface area contributed by atoms with Crippen LogP contribution in [0.25, 0.3) is 17.7 Å². The van der Waals surface area contributed by atoms with Crippen LogP contribution in [0.1, 0.15) is 47.9 Å². The Balaban J connectivity index is 1.75. The number of hydrogen-bond donors (Lipinski definition) is 0. The molecule has 126 valence electrons. The van der Waals surface area contributed by atoms with Crippen LogP contribution < -0.4 is 0 Å². The second-order valence-corrected chi connectivity index (χ2v) is 8.41. The first-order valence-corrected chi connectivity index (χ1v) is 9.57. The van der Waals surface area contributed by atoms with E-state index in [0.29, 0.717) is 0 Å². The average Bonchev–Trinajstić information content (AvgIpc) is 2.81. The minimum atomic E-state index is 0.789. The molecule has 1 nitrogen and oxygen atoms in total. The topological polar surface area (TPSA) is 0 Å². The van der Waals surface area contributed by atoms with E-state index in [1.165, 1.54) is 58.0 Å². The van der Waals surface area contributed by atoms with Crippen LogP contribution in [0.3, 0.4) is 0 Å². The highest BCUT2D eigenvalue weighted by Gasteiger charge is 2.47. The van der Waals surface area contributed by atoms with E-state index in [4.69, 9.17) is 0 Å². The lowest BCUT2D eigenvalue weighted by molar-refractivity contribution is -0.928. The fourth-order valence-corrected chi connectivity index (χ4v) is 5.32. The van der Waals surface area contributed by atoms with Gasteiger partial charge in [-0.1, -0.05) is 60.7 Å². The van der Waals surface area contributed by atoms with Gasteiger partial charge in [0, 0.05) is 25.7 Å². The Morgan fingerprint density at radius 1 is 0.720 bits per heavy atom. The monoisotopic (exact) mass is 328 g/mol. The van der Waals surface area contributed by atoms with Gasteiger partial charge in [0.15, 0.2) is 0 Å². The van der Waals surface area contributed by atoms with E-state index in [0.717, 1.165) is 12.1 Å². The van der Waals surface area contributed by atoms with Gasteiger partial charge in [-0.3, -0.25) is 0 Å². The molecule has 2 atom stereocenters. The predicted octanol–water partition coefficient (Wildman–Crippen LogP) is 5.37. The van der Waals surface area contributed by atoms with Gasteiger partial charge in [0.25, 0.3) is 0 Å². The molecule has 2 heterocycles. The van der Waals surface area contributed by atoms with E-state index in [1.807, 2.05) is 0 Å². The Morgan fingerprint density at radius 2 is 1.20 bits per heavy atom. The highest BCUT2D eigenvalue weighted by atomic mass is 15.4. The lowest BCUT2D eigenvalue weighted by Gasteiger charge is -2.43. The van der Waals surface area contributed by atoms with E-state index >= 15 is 0 Å². The van der Waals surface area contributed by atoms with E-state index < -0.39 is 0 Å². The zero-order valence-corrected chi connectivity index (χ0v) is 15.2. The average molecular weight is 328 g/mol. The summed E-state index contributed by atoms with van der Waals surface area (Å²) >= 11 is 0. The van der Waals surface area contributed by atoms with Crippen LogP contribution in [-0.4, -0.2) is 30.7 Å². The third-order valence-corrected chi connectivity index (χ3v) is 6.94. The van der Waals surface area contributed by atoms with Gasteiger partial charge in [0.2, 0.25) is 0 Å². The summed E-state index contributed by atoms with van der Waals surface area (Å²) in [6.45, 7) is 0. The minimum absolute atomic E-state index is 0.789. The minimum Gasteiger partial charge on any atom is -0.323 e. The number of hydrogen-bond acceptors (Lipinski definition) is 0. The summed E-state index contributed by atoms with van der Waals surface area (Å²) in [5, 5.41) is 0. The standard InChI is InChI=1S/C24H26N/c1-25(2)20-13-14-21(25)16-19(15-20)24-22-9-5-3-7-17(22)11-12-18-8-4-6-10-23(18)24/h3-12,20-21H,13-16H2,1-2H3/q+1. The molecular formula is C24H26N+. The van der Waals surface area contributed by atoms with Crippen molar-refractivity contribution in [1.29, 1.82) is 0 Å². The Morgan fingerprint density at radius 3 is 1.72 bits per heavy atom. The summed E-state index contributed by atoms with van der Waals surface area (Å²) in [4.78, 5) is 0. The van der Waals surface area contributed by atoms with Crippen LogP contribution in [0, 0.1) is 0 Å². The maximum atomic E-state index is 2.44. The molecule has 25 heavy (non-hydrogen) atoms. The normalized spacial score (nSPS) is 26.2. The van der Waals surface area contributed by atoms with Crippen LogP contribution in [-0.2, 0) is 0 Å². The first kappa shape index (κ1) is 15.2. The summed E-state index contributed by atoms with van der Waals surface area (Å²) < 4.78 is 1.22. The zero-order chi connectivity index (χ0) is 17.0. The van der Waals surface area contributed by atoms with Gasteiger partial charge in [-0.25, -0.2) is 0 Å². The van der Waals surface area contributed by atoms with Crippen LogP contribution in [0.15, 0.2) is 54.1 Å². The molecule has 2 fully saturated rings. The lowest BCUT2D eigenvalue weighted by atomic mass is 9.83. The number of nitrogens with zero attached hydrogens (tertiary/aromatic N) is 1. The highest BCUT2D eigenvalue weighted by molar-refractivity contribution is 5.94. The molecule has 3 aliphatic rings. The lowest BCUT2D eigenvalue weighted by Crippen LogP contribution is -2.53. The van der Waals surface area contributed by atoms with Crippen molar-refractivity contribution < 1.29 is 4.48 Å². The molecule has 1 heteroatoms. The van der Waals surface area contributed by atoms with Crippen molar-refractivity contribution in [2.45, 2.75) is 37.8 Å². The Bertz CT molecular complexity index is 830. The number of benzene rings is 2. The molecule has 2 aliphatic heterocycles. The maximum absolute atomic E-state index is 2.44. The van der Waals surface area contributed by atoms with Crippen molar-refractivity contribution in [3.8, 4) is 0 Å². The van der Waals surface area contributed by atoms with Gasteiger partial charge >= 0.3 is 0 Å². The van der Waals surface area contributed by atoms with Gasteiger partial charge in [-0.05, 0) is 33.4 Å². The van der Waals surface area contributed by atoms with E-state index in [9.17, 15) is 0 Å². The molecule has 0 saturated carbocycles. The van der Waals surface area contributed by atoms with Crippen molar-refractivity contribution >= 4 is 17.7 Å². The van der Waals surface area contributed by atoms with Gasteiger partial charge in [0.1, 0.15) is 0 Å². The molecule has 2 aromatic carbocycles. The number of piperidine rings is 1. The molecule has 0 aromatic heterocycles. The summed E-state index contributed by atoms with van der Waals surface area (Å²) in [7, 11) is 4.89. The molecule has 2 unspecified atom stereocenters. The predicted molar refractivity (Wildman–Crippen MR) is 106 cm³/mol. The van der Waals surface area contributed by atoms with Crippen molar-refractivity contribution in [3.63, 3.8) is 0 Å². The summed E-state index contributed by atoms with van der Waals surface area (Å²) in [5.41, 5.74) is 8.76. The summed E-state index contributed by atoms with van der Waals surface area (Å²) in [5.74, 6) is 0. The first-order chi connectivity index (χ1) is 12.1. The number of quaternary nitrogens is 1. The Labute approximate surface area is 150 Å². The van der Waals surface area contributed by atoms with Gasteiger partial charge in [0.05, 0.1) is 26.2 Å². The highest BCUT2D eigenvalue weighted by Crippen LogP contribution is 2.47. The molecule has 5 rings (SSSR count). The van der Waals surface area contributed by atoms with E-state index in [1.54, 1.807) is 5.57 Å². The van der Waals surface area contributed by atoms with Crippen LogP contribution in [0.5, 0.6) is 0 Å². The molecular weight excluding hydrogens is 302 g/mol. The number of rotatable bonds is 0. The molecule has 2 bridgehead atoms. The molecule has 2 saturated heterocycles. The van der Waals surface area contributed by atoms with Crippen molar-refractivity contribution in [2.24, 2.45) is 0 Å². The maximum Gasteiger partial charge on any atom is 0.0928 e. The van der Waals surface area contributed by atoms with Crippen molar-refractivity contribution in [2.75, 3.05) is 14.1 Å². The summed E-state index contributed by atoms with van der Waals surface area (Å²) in [6, 6.07) is 19.4. The smallest absolute Gasteiger partial charge is 0.0928 e. The largest absolute Gasteiger partial charge is 0.323 e. The van der Waals surface area contributed by atoms with Crippen LogP contribution >= 0.6 is 0 Å². The molecule has 0 N–H and O–H groups in total. The molecule has 2 aromatic rings. The Kier molecular flexibility index (Phi) is 3.30. The van der Waals surface area contributed by atoms with Gasteiger partial charge in [-0.15, -0.1) is 0 Å². The van der Waals surface area contributed by atoms with Gasteiger partial charge in [-0.2, -0.15) is 0 Å². The molecule has 0 spiro atoms. The molecule has 1 aliphatic carbocycles.